The molecular formula is C22H22N2O5. The molecule has 1 N–H and O–H groups in total. The highest BCUT2D eigenvalue weighted by Crippen LogP contribution is 2.28. The summed E-state index contributed by atoms with van der Waals surface area (Å²) in [6, 6.07) is 15.0. The first-order chi connectivity index (χ1) is 14.0. The summed E-state index contributed by atoms with van der Waals surface area (Å²) in [6.07, 6.45) is 1.40. The molecule has 0 saturated carbocycles. The van der Waals surface area contributed by atoms with Crippen LogP contribution in [-0.2, 0) is 27.4 Å². The molecule has 29 heavy (non-hydrogen) atoms. The van der Waals surface area contributed by atoms with Crippen molar-refractivity contribution in [2.75, 3.05) is 6.61 Å². The van der Waals surface area contributed by atoms with E-state index in [0.717, 1.165) is 11.1 Å². The minimum atomic E-state index is -1.36. The van der Waals surface area contributed by atoms with Gasteiger partial charge < -0.3 is 19.6 Å². The van der Waals surface area contributed by atoms with E-state index < -0.39 is 30.1 Å². The molecule has 7 heteroatoms. The zero-order valence-electron chi connectivity index (χ0n) is 15.8. The van der Waals surface area contributed by atoms with E-state index in [1.54, 1.807) is 12.1 Å². The summed E-state index contributed by atoms with van der Waals surface area (Å²) >= 11 is 0. The minimum Gasteiger partial charge on any atom is -0.480 e. The van der Waals surface area contributed by atoms with Crippen molar-refractivity contribution in [1.29, 1.82) is 0 Å². The van der Waals surface area contributed by atoms with Gasteiger partial charge in [-0.05, 0) is 11.1 Å². The third-order valence-electron chi connectivity index (χ3n) is 4.69. The van der Waals surface area contributed by atoms with Gasteiger partial charge in [0.15, 0.2) is 12.1 Å². The van der Waals surface area contributed by atoms with Crippen LogP contribution in [0.3, 0.4) is 0 Å². The lowest BCUT2D eigenvalue weighted by Crippen LogP contribution is -2.48. The highest BCUT2D eigenvalue weighted by Gasteiger charge is 2.53. The van der Waals surface area contributed by atoms with Crippen molar-refractivity contribution in [3.63, 3.8) is 0 Å². The highest BCUT2D eigenvalue weighted by atomic mass is 16.5. The average molecular weight is 394 g/mol. The first-order valence-corrected chi connectivity index (χ1v) is 9.18. The second-order valence-electron chi connectivity index (χ2n) is 6.66. The summed E-state index contributed by atoms with van der Waals surface area (Å²) in [6.45, 7) is 3.62. The number of esters is 1. The molecule has 2 aromatic carbocycles. The van der Waals surface area contributed by atoms with Crippen LogP contribution in [0.1, 0.15) is 11.1 Å². The molecule has 7 nitrogen and oxygen atoms in total. The Morgan fingerprint density at radius 3 is 1.86 bits per heavy atom. The molecule has 1 saturated heterocycles. The number of carbonyl (C=O) groups is 3. The molecule has 0 aliphatic carbocycles. The highest BCUT2D eigenvalue weighted by molar-refractivity contribution is 5.96. The SMILES string of the molecule is C=CCOC(=O)[C@@H]1[C@H](C(=O)O)N(Cc2ccccc2)C(=O)N1Cc1ccccc1. The number of aliphatic carboxylic acids is 1. The van der Waals surface area contributed by atoms with Crippen LogP contribution >= 0.6 is 0 Å². The topological polar surface area (TPSA) is 87.1 Å². The van der Waals surface area contributed by atoms with E-state index in [9.17, 15) is 19.5 Å². The summed E-state index contributed by atoms with van der Waals surface area (Å²) in [5.74, 6) is -2.03. The fourth-order valence-corrected chi connectivity index (χ4v) is 3.39. The van der Waals surface area contributed by atoms with Crippen LogP contribution in [0.2, 0.25) is 0 Å². The monoisotopic (exact) mass is 394 g/mol. The largest absolute Gasteiger partial charge is 0.480 e. The third-order valence-corrected chi connectivity index (χ3v) is 4.69. The number of rotatable bonds is 8. The fraction of sp³-hybridized carbons (Fsp3) is 0.227. The molecule has 1 heterocycles. The fourth-order valence-electron chi connectivity index (χ4n) is 3.39. The molecule has 1 aliphatic heterocycles. The maximum atomic E-state index is 13.2. The Hall–Kier alpha value is -3.61. The van der Waals surface area contributed by atoms with Gasteiger partial charge >= 0.3 is 18.0 Å². The van der Waals surface area contributed by atoms with Crippen LogP contribution in [-0.4, -0.2) is 51.6 Å². The Morgan fingerprint density at radius 2 is 1.41 bits per heavy atom. The average Bonchev–Trinajstić information content (AvgIpc) is 3.00. The van der Waals surface area contributed by atoms with Crippen molar-refractivity contribution in [2.45, 2.75) is 25.2 Å². The van der Waals surface area contributed by atoms with Crippen LogP contribution in [0, 0.1) is 0 Å². The van der Waals surface area contributed by atoms with Gasteiger partial charge in [0.25, 0.3) is 0 Å². The number of amides is 2. The maximum absolute atomic E-state index is 13.2. The molecule has 1 fully saturated rings. The normalized spacial score (nSPS) is 18.6. The third kappa shape index (κ3) is 4.45. The van der Waals surface area contributed by atoms with E-state index in [1.165, 1.54) is 15.9 Å². The zero-order chi connectivity index (χ0) is 20.8. The number of ether oxygens (including phenoxy) is 1. The lowest BCUT2D eigenvalue weighted by Gasteiger charge is -2.23. The van der Waals surface area contributed by atoms with Crippen molar-refractivity contribution in [1.82, 2.24) is 9.80 Å². The molecule has 0 unspecified atom stereocenters. The summed E-state index contributed by atoms with van der Waals surface area (Å²) in [5.41, 5.74) is 1.56. The van der Waals surface area contributed by atoms with Gasteiger partial charge in [-0.25, -0.2) is 14.4 Å². The summed E-state index contributed by atoms with van der Waals surface area (Å²) < 4.78 is 5.13. The Bertz CT molecular complexity index is 885. The predicted octanol–water partition coefficient (Wildman–Crippen LogP) is 2.68. The number of hydrogen-bond acceptors (Lipinski definition) is 4. The van der Waals surface area contributed by atoms with Gasteiger partial charge in [-0.1, -0.05) is 73.3 Å². The van der Waals surface area contributed by atoms with Gasteiger partial charge in [0, 0.05) is 13.1 Å². The Morgan fingerprint density at radius 1 is 0.931 bits per heavy atom. The van der Waals surface area contributed by atoms with Crippen LogP contribution in [0.5, 0.6) is 0 Å². The van der Waals surface area contributed by atoms with Crippen LogP contribution in [0.15, 0.2) is 73.3 Å². The van der Waals surface area contributed by atoms with Gasteiger partial charge in [0.05, 0.1) is 0 Å². The second-order valence-corrected chi connectivity index (χ2v) is 6.66. The molecule has 0 spiro atoms. The van der Waals surface area contributed by atoms with Crippen LogP contribution < -0.4 is 0 Å². The van der Waals surface area contributed by atoms with E-state index >= 15 is 0 Å². The molecule has 2 atom stereocenters. The lowest BCUT2D eigenvalue weighted by atomic mass is 10.1. The molecule has 3 rings (SSSR count). The van der Waals surface area contributed by atoms with E-state index in [0.29, 0.717) is 0 Å². The molecule has 0 bridgehead atoms. The number of benzene rings is 2. The molecule has 1 aliphatic rings. The van der Waals surface area contributed by atoms with E-state index in [1.807, 2.05) is 48.5 Å². The number of carboxylic acid groups (broad SMARTS) is 1. The quantitative estimate of drug-likeness (QED) is 0.549. The number of carboxylic acids is 1. The first-order valence-electron chi connectivity index (χ1n) is 9.18. The minimum absolute atomic E-state index is 0.0618. The van der Waals surface area contributed by atoms with Crippen LogP contribution in [0.25, 0.3) is 0 Å². The standard InChI is InChI=1S/C22H22N2O5/c1-2-13-29-21(27)19-18(20(25)26)23(14-16-9-5-3-6-10-16)22(28)24(19)15-17-11-7-4-8-12-17/h2-12,18-19H,1,13-15H2,(H,25,26)/t18-,19+/m1/s1. The van der Waals surface area contributed by atoms with E-state index in [4.69, 9.17) is 4.74 Å². The van der Waals surface area contributed by atoms with Crippen molar-refractivity contribution >= 4 is 18.0 Å². The van der Waals surface area contributed by atoms with Crippen molar-refractivity contribution in [3.8, 4) is 0 Å². The molecule has 0 radical (unpaired) electrons. The lowest BCUT2D eigenvalue weighted by molar-refractivity contribution is -0.154. The molecule has 2 aromatic rings. The Labute approximate surface area is 168 Å². The maximum Gasteiger partial charge on any atom is 0.332 e. The molecular weight excluding hydrogens is 372 g/mol. The van der Waals surface area contributed by atoms with Crippen molar-refractivity contribution in [3.05, 3.63) is 84.4 Å². The number of hydrogen-bond donors (Lipinski definition) is 1. The smallest absolute Gasteiger partial charge is 0.332 e. The van der Waals surface area contributed by atoms with Gasteiger partial charge in [-0.2, -0.15) is 0 Å². The van der Waals surface area contributed by atoms with Crippen LogP contribution in [0.4, 0.5) is 4.79 Å². The first kappa shape index (κ1) is 20.1. The van der Waals surface area contributed by atoms with Crippen molar-refractivity contribution in [2.24, 2.45) is 0 Å². The Balaban J connectivity index is 1.96. The Kier molecular flexibility index (Phi) is 6.29. The predicted molar refractivity (Wildman–Crippen MR) is 106 cm³/mol. The van der Waals surface area contributed by atoms with Gasteiger partial charge in [0.1, 0.15) is 6.61 Å². The summed E-state index contributed by atoms with van der Waals surface area (Å²) in [4.78, 5) is 40.4. The molecule has 0 aromatic heterocycles. The van der Waals surface area contributed by atoms with E-state index in [2.05, 4.69) is 6.58 Å². The number of urea groups is 1. The van der Waals surface area contributed by atoms with Gasteiger partial charge in [-0.3, -0.25) is 0 Å². The van der Waals surface area contributed by atoms with E-state index in [-0.39, 0.29) is 19.7 Å². The van der Waals surface area contributed by atoms with Gasteiger partial charge in [-0.15, -0.1) is 0 Å². The van der Waals surface area contributed by atoms with Gasteiger partial charge in [0.2, 0.25) is 0 Å². The molecule has 150 valence electrons. The molecule has 2 amide bonds. The summed E-state index contributed by atoms with van der Waals surface area (Å²) in [7, 11) is 0. The summed E-state index contributed by atoms with van der Waals surface area (Å²) in [5, 5.41) is 9.86. The van der Waals surface area contributed by atoms with Crippen molar-refractivity contribution < 1.29 is 24.2 Å². The number of carbonyl (C=O) groups excluding carboxylic acids is 2. The zero-order valence-corrected chi connectivity index (χ0v) is 15.8. The second kappa shape index (κ2) is 9.05. The number of nitrogens with zero attached hydrogens (tertiary/aromatic N) is 2.